The summed E-state index contributed by atoms with van der Waals surface area (Å²) >= 11 is 0. The molecule has 4 nitrogen and oxygen atoms in total. The number of methoxy groups -OCH3 is 1. The molecule has 2 rings (SSSR count). The van der Waals surface area contributed by atoms with E-state index in [9.17, 15) is 4.79 Å². The van der Waals surface area contributed by atoms with Crippen molar-refractivity contribution in [1.82, 2.24) is 0 Å². The monoisotopic (exact) mass is 277 g/mol. The maximum absolute atomic E-state index is 12.1. The lowest BCUT2D eigenvalue weighted by molar-refractivity contribution is -0.154. The lowest BCUT2D eigenvalue weighted by atomic mass is 9.78. The number of hydrogen-bond donors (Lipinski definition) is 1. The Morgan fingerprint density at radius 2 is 2.05 bits per heavy atom. The topological polar surface area (TPSA) is 61.5 Å². The molecule has 0 amide bonds. The van der Waals surface area contributed by atoms with E-state index in [1.807, 2.05) is 30.3 Å². The van der Waals surface area contributed by atoms with Gasteiger partial charge in [-0.25, -0.2) is 0 Å². The fourth-order valence-corrected chi connectivity index (χ4v) is 2.76. The Labute approximate surface area is 120 Å². The molecule has 0 spiro atoms. The molecule has 0 aliphatic heterocycles. The molecule has 0 heterocycles. The summed E-state index contributed by atoms with van der Waals surface area (Å²) in [7, 11) is 1.44. The summed E-state index contributed by atoms with van der Waals surface area (Å²) in [5, 5.41) is 0. The molecule has 4 heteroatoms. The third-order valence-electron chi connectivity index (χ3n) is 4.09. The van der Waals surface area contributed by atoms with E-state index in [1.54, 1.807) is 0 Å². The Kier molecular flexibility index (Phi) is 5.01. The number of carbonyl (C=O) groups excluding carboxylic acids is 1. The first-order chi connectivity index (χ1) is 9.73. The smallest absolute Gasteiger partial charge is 0.313 e. The summed E-state index contributed by atoms with van der Waals surface area (Å²) in [6.07, 6.45) is 3.68. The number of hydrogen-bond acceptors (Lipinski definition) is 4. The van der Waals surface area contributed by atoms with Gasteiger partial charge in [-0.05, 0) is 43.7 Å². The molecule has 1 aliphatic carbocycles. The molecule has 1 unspecified atom stereocenters. The number of esters is 1. The lowest BCUT2D eigenvalue weighted by Gasteiger charge is -2.29. The normalized spacial score (nSPS) is 17.3. The average molecular weight is 277 g/mol. The number of carbonyl (C=O) groups is 1. The lowest BCUT2D eigenvalue weighted by Crippen LogP contribution is -2.42. The molecular formula is C16H23NO3. The van der Waals surface area contributed by atoms with Crippen molar-refractivity contribution in [2.24, 2.45) is 17.1 Å². The van der Waals surface area contributed by atoms with Gasteiger partial charge in [0.15, 0.2) is 0 Å². The molecule has 1 aromatic carbocycles. The van der Waals surface area contributed by atoms with Gasteiger partial charge in [0, 0.05) is 6.54 Å². The van der Waals surface area contributed by atoms with E-state index in [0.29, 0.717) is 19.1 Å². The van der Waals surface area contributed by atoms with Gasteiger partial charge in [-0.2, -0.15) is 0 Å². The van der Waals surface area contributed by atoms with Gasteiger partial charge in [-0.3, -0.25) is 4.79 Å². The number of rotatable bonds is 8. The zero-order chi connectivity index (χ0) is 14.4. The van der Waals surface area contributed by atoms with Crippen LogP contribution in [0.25, 0.3) is 0 Å². The Hall–Kier alpha value is -1.55. The Morgan fingerprint density at radius 1 is 1.35 bits per heavy atom. The first-order valence-electron chi connectivity index (χ1n) is 7.19. The van der Waals surface area contributed by atoms with Crippen molar-refractivity contribution in [2.45, 2.75) is 25.7 Å². The Morgan fingerprint density at radius 3 is 2.60 bits per heavy atom. The zero-order valence-electron chi connectivity index (χ0n) is 12.0. The van der Waals surface area contributed by atoms with Crippen molar-refractivity contribution < 1.29 is 14.3 Å². The molecule has 0 saturated heterocycles. The Balaban J connectivity index is 1.85. The van der Waals surface area contributed by atoms with Crippen LogP contribution in [0.5, 0.6) is 5.75 Å². The number of nitrogens with two attached hydrogens (primary N) is 1. The summed E-state index contributed by atoms with van der Waals surface area (Å²) in [5.74, 6) is 1.08. The van der Waals surface area contributed by atoms with E-state index in [2.05, 4.69) is 0 Å². The highest BCUT2D eigenvalue weighted by molar-refractivity contribution is 5.78. The average Bonchev–Trinajstić information content (AvgIpc) is 3.33. The molecule has 2 N–H and O–H groups in total. The standard InChI is InChI=1S/C16H23NO3/c1-19-15(18)16(12-17,13-8-9-13)10-5-11-20-14-6-3-2-4-7-14/h2-4,6-7,13H,5,8-12,17H2,1H3. The highest BCUT2D eigenvalue weighted by atomic mass is 16.5. The van der Waals surface area contributed by atoms with Gasteiger partial charge in [-0.1, -0.05) is 18.2 Å². The molecule has 0 radical (unpaired) electrons. The second-order valence-electron chi connectivity index (χ2n) is 5.39. The van der Waals surface area contributed by atoms with Crippen LogP contribution in [0, 0.1) is 11.3 Å². The van der Waals surface area contributed by atoms with E-state index < -0.39 is 5.41 Å². The third-order valence-corrected chi connectivity index (χ3v) is 4.09. The second-order valence-corrected chi connectivity index (χ2v) is 5.39. The molecule has 0 aromatic heterocycles. The minimum atomic E-state index is -0.505. The SMILES string of the molecule is COC(=O)C(CN)(CCCOc1ccccc1)C1CC1. The maximum atomic E-state index is 12.1. The van der Waals surface area contributed by atoms with Crippen molar-refractivity contribution in [3.63, 3.8) is 0 Å². The minimum absolute atomic E-state index is 0.165. The molecule has 0 bridgehead atoms. The summed E-state index contributed by atoms with van der Waals surface area (Å²) < 4.78 is 10.6. The zero-order valence-corrected chi connectivity index (χ0v) is 12.0. The molecule has 1 fully saturated rings. The second kappa shape index (κ2) is 6.75. The van der Waals surface area contributed by atoms with Crippen molar-refractivity contribution in [2.75, 3.05) is 20.3 Å². The van der Waals surface area contributed by atoms with E-state index in [1.165, 1.54) is 7.11 Å². The van der Waals surface area contributed by atoms with Gasteiger partial charge in [-0.15, -0.1) is 0 Å². The fourth-order valence-electron chi connectivity index (χ4n) is 2.76. The maximum Gasteiger partial charge on any atom is 0.313 e. The van der Waals surface area contributed by atoms with Crippen molar-refractivity contribution in [1.29, 1.82) is 0 Å². The van der Waals surface area contributed by atoms with Crippen LogP contribution in [0.1, 0.15) is 25.7 Å². The van der Waals surface area contributed by atoms with E-state index in [-0.39, 0.29) is 5.97 Å². The van der Waals surface area contributed by atoms with Gasteiger partial charge in [0.2, 0.25) is 0 Å². The van der Waals surface area contributed by atoms with Crippen molar-refractivity contribution >= 4 is 5.97 Å². The first-order valence-corrected chi connectivity index (χ1v) is 7.19. The van der Waals surface area contributed by atoms with Gasteiger partial charge < -0.3 is 15.2 Å². The van der Waals surface area contributed by atoms with E-state index >= 15 is 0 Å². The largest absolute Gasteiger partial charge is 0.494 e. The molecule has 1 saturated carbocycles. The highest BCUT2D eigenvalue weighted by Crippen LogP contribution is 2.48. The third kappa shape index (κ3) is 3.31. The van der Waals surface area contributed by atoms with Gasteiger partial charge in [0.25, 0.3) is 0 Å². The van der Waals surface area contributed by atoms with Crippen LogP contribution in [0.4, 0.5) is 0 Å². The van der Waals surface area contributed by atoms with Crippen molar-refractivity contribution in [3.8, 4) is 5.75 Å². The quantitative estimate of drug-likeness (QED) is 0.585. The van der Waals surface area contributed by atoms with E-state index in [0.717, 1.165) is 31.4 Å². The number of benzene rings is 1. The Bertz CT molecular complexity index is 431. The highest BCUT2D eigenvalue weighted by Gasteiger charge is 2.50. The molecule has 1 atom stereocenters. The van der Waals surface area contributed by atoms with Crippen LogP contribution in [0.3, 0.4) is 0 Å². The van der Waals surface area contributed by atoms with Crippen LogP contribution in [0.2, 0.25) is 0 Å². The van der Waals surface area contributed by atoms with Crippen molar-refractivity contribution in [3.05, 3.63) is 30.3 Å². The van der Waals surface area contributed by atoms with Gasteiger partial charge in [0.05, 0.1) is 19.1 Å². The van der Waals surface area contributed by atoms with Crippen LogP contribution in [-0.2, 0) is 9.53 Å². The number of ether oxygens (including phenoxy) is 2. The van der Waals surface area contributed by atoms with Gasteiger partial charge in [0.1, 0.15) is 5.75 Å². The fraction of sp³-hybridized carbons (Fsp3) is 0.562. The van der Waals surface area contributed by atoms with Crippen LogP contribution >= 0.6 is 0 Å². The number of para-hydroxylation sites is 1. The molecule has 1 aromatic rings. The van der Waals surface area contributed by atoms with Crippen LogP contribution < -0.4 is 10.5 Å². The summed E-state index contributed by atoms with van der Waals surface area (Å²) in [6, 6.07) is 9.70. The predicted molar refractivity (Wildman–Crippen MR) is 77.4 cm³/mol. The van der Waals surface area contributed by atoms with Gasteiger partial charge >= 0.3 is 5.97 Å². The summed E-state index contributed by atoms with van der Waals surface area (Å²) in [5.41, 5.74) is 5.37. The molecule has 1 aliphatic rings. The van der Waals surface area contributed by atoms with Crippen LogP contribution in [0.15, 0.2) is 30.3 Å². The molecular weight excluding hydrogens is 254 g/mol. The molecule has 110 valence electrons. The minimum Gasteiger partial charge on any atom is -0.494 e. The van der Waals surface area contributed by atoms with E-state index in [4.69, 9.17) is 15.2 Å². The first kappa shape index (κ1) is 14.9. The summed E-state index contributed by atoms with van der Waals surface area (Å²) in [6.45, 7) is 0.950. The summed E-state index contributed by atoms with van der Waals surface area (Å²) in [4.78, 5) is 12.1. The molecule has 20 heavy (non-hydrogen) atoms. The predicted octanol–water partition coefficient (Wildman–Crippen LogP) is 2.37. The van der Waals surface area contributed by atoms with Crippen LogP contribution in [-0.4, -0.2) is 26.2 Å².